The van der Waals surface area contributed by atoms with Crippen LogP contribution in [0.1, 0.15) is 33.6 Å². The summed E-state index contributed by atoms with van der Waals surface area (Å²) in [6.07, 6.45) is 1.53. The Hall–Kier alpha value is -0.120. The predicted octanol–water partition coefficient (Wildman–Crippen LogP) is 1.10. The van der Waals surface area contributed by atoms with Crippen molar-refractivity contribution in [3.63, 3.8) is 0 Å². The first-order valence-corrected chi connectivity index (χ1v) is 5.87. The molecule has 15 heavy (non-hydrogen) atoms. The maximum Gasteiger partial charge on any atom is 0.0749 e. The van der Waals surface area contributed by atoms with Crippen molar-refractivity contribution in [2.24, 2.45) is 11.3 Å². The Morgan fingerprint density at radius 1 is 1.33 bits per heavy atom. The van der Waals surface area contributed by atoms with E-state index in [0.29, 0.717) is 0 Å². The first-order valence-electron chi connectivity index (χ1n) is 5.87. The van der Waals surface area contributed by atoms with Gasteiger partial charge in [-0.25, -0.2) is 0 Å². The van der Waals surface area contributed by atoms with Crippen LogP contribution in [-0.4, -0.2) is 47.5 Å². The fourth-order valence-electron chi connectivity index (χ4n) is 2.43. The van der Waals surface area contributed by atoms with E-state index in [2.05, 4.69) is 25.8 Å². The van der Waals surface area contributed by atoms with Gasteiger partial charge in [0.05, 0.1) is 12.2 Å². The fraction of sp³-hybridized carbons (Fsp3) is 1.00. The molecule has 0 spiro atoms. The molecule has 0 aromatic rings. The quantitative estimate of drug-likeness (QED) is 0.741. The van der Waals surface area contributed by atoms with Crippen LogP contribution in [0.25, 0.3) is 0 Å². The predicted molar refractivity (Wildman–Crippen MR) is 61.7 cm³/mol. The van der Waals surface area contributed by atoms with E-state index in [4.69, 9.17) is 0 Å². The van der Waals surface area contributed by atoms with Crippen LogP contribution in [0.15, 0.2) is 0 Å². The van der Waals surface area contributed by atoms with Crippen LogP contribution in [0.4, 0.5) is 0 Å². The summed E-state index contributed by atoms with van der Waals surface area (Å²) in [4.78, 5) is 2.23. The third-order valence-corrected chi connectivity index (χ3v) is 4.48. The van der Waals surface area contributed by atoms with Gasteiger partial charge in [-0.3, -0.25) is 0 Å². The molecule has 1 fully saturated rings. The summed E-state index contributed by atoms with van der Waals surface area (Å²) in [6.45, 7) is 8.05. The standard InChI is InChI=1S/C12H25NO2/c1-10(2)11(3,9-14)12(15)5-7-13(4)8-6-12/h10,14-15H,5-9H2,1-4H3. The summed E-state index contributed by atoms with van der Waals surface area (Å²) >= 11 is 0. The van der Waals surface area contributed by atoms with Crippen LogP contribution in [0.5, 0.6) is 0 Å². The summed E-state index contributed by atoms with van der Waals surface area (Å²) in [5, 5.41) is 20.3. The molecule has 1 unspecified atom stereocenters. The van der Waals surface area contributed by atoms with Gasteiger partial charge in [0.15, 0.2) is 0 Å². The largest absolute Gasteiger partial charge is 0.396 e. The Bertz CT molecular complexity index is 210. The minimum atomic E-state index is -0.706. The van der Waals surface area contributed by atoms with Crippen molar-refractivity contribution in [1.82, 2.24) is 4.90 Å². The van der Waals surface area contributed by atoms with Gasteiger partial charge < -0.3 is 15.1 Å². The normalized spacial score (nSPS) is 26.6. The van der Waals surface area contributed by atoms with Gasteiger partial charge in [-0.2, -0.15) is 0 Å². The van der Waals surface area contributed by atoms with Gasteiger partial charge in [0, 0.05) is 18.5 Å². The number of aliphatic hydroxyl groups is 2. The maximum atomic E-state index is 10.7. The van der Waals surface area contributed by atoms with Gasteiger partial charge >= 0.3 is 0 Å². The van der Waals surface area contributed by atoms with Crippen molar-refractivity contribution in [3.05, 3.63) is 0 Å². The molecule has 0 bridgehead atoms. The van der Waals surface area contributed by atoms with Crippen molar-refractivity contribution in [3.8, 4) is 0 Å². The number of nitrogens with zero attached hydrogens (tertiary/aromatic N) is 1. The average Bonchev–Trinajstić information content (AvgIpc) is 2.21. The van der Waals surface area contributed by atoms with Crippen molar-refractivity contribution in [2.45, 2.75) is 39.2 Å². The van der Waals surface area contributed by atoms with E-state index in [9.17, 15) is 10.2 Å². The molecule has 1 aliphatic rings. The summed E-state index contributed by atoms with van der Waals surface area (Å²) in [7, 11) is 2.07. The zero-order chi connectivity index (χ0) is 11.7. The zero-order valence-corrected chi connectivity index (χ0v) is 10.5. The van der Waals surface area contributed by atoms with Gasteiger partial charge in [-0.15, -0.1) is 0 Å². The molecule has 0 amide bonds. The highest BCUT2D eigenvalue weighted by Crippen LogP contribution is 2.44. The van der Waals surface area contributed by atoms with E-state index < -0.39 is 5.60 Å². The summed E-state index contributed by atoms with van der Waals surface area (Å²) < 4.78 is 0. The SMILES string of the molecule is CC(C)C(C)(CO)C1(O)CCN(C)CC1. The monoisotopic (exact) mass is 215 g/mol. The van der Waals surface area contributed by atoms with Gasteiger partial charge in [0.2, 0.25) is 0 Å². The molecular weight excluding hydrogens is 190 g/mol. The van der Waals surface area contributed by atoms with Crippen molar-refractivity contribution >= 4 is 0 Å². The highest BCUT2D eigenvalue weighted by molar-refractivity contribution is 5.00. The van der Waals surface area contributed by atoms with Gasteiger partial charge in [0.1, 0.15) is 0 Å². The smallest absolute Gasteiger partial charge is 0.0749 e. The Balaban J connectivity index is 2.83. The van der Waals surface area contributed by atoms with E-state index in [-0.39, 0.29) is 17.9 Å². The van der Waals surface area contributed by atoms with Crippen LogP contribution in [0.2, 0.25) is 0 Å². The van der Waals surface area contributed by atoms with Crippen LogP contribution in [-0.2, 0) is 0 Å². The molecule has 90 valence electrons. The van der Waals surface area contributed by atoms with E-state index in [0.717, 1.165) is 25.9 Å². The lowest BCUT2D eigenvalue weighted by Gasteiger charge is -2.50. The molecule has 0 aliphatic carbocycles. The lowest BCUT2D eigenvalue weighted by atomic mass is 9.63. The van der Waals surface area contributed by atoms with E-state index >= 15 is 0 Å². The van der Waals surface area contributed by atoms with Crippen molar-refractivity contribution in [1.29, 1.82) is 0 Å². The average molecular weight is 215 g/mol. The van der Waals surface area contributed by atoms with Crippen LogP contribution in [0, 0.1) is 11.3 Å². The molecule has 1 atom stereocenters. The van der Waals surface area contributed by atoms with E-state index in [1.807, 2.05) is 6.92 Å². The van der Waals surface area contributed by atoms with Gasteiger partial charge in [-0.05, 0) is 25.8 Å². The number of piperidine rings is 1. The topological polar surface area (TPSA) is 43.7 Å². The Labute approximate surface area is 93.1 Å². The molecule has 1 heterocycles. The van der Waals surface area contributed by atoms with Crippen LogP contribution >= 0.6 is 0 Å². The molecule has 1 rings (SSSR count). The van der Waals surface area contributed by atoms with Crippen molar-refractivity contribution < 1.29 is 10.2 Å². The lowest BCUT2D eigenvalue weighted by molar-refractivity contribution is -0.150. The Morgan fingerprint density at radius 3 is 2.13 bits per heavy atom. The summed E-state index contributed by atoms with van der Waals surface area (Å²) in [5.41, 5.74) is -1.09. The second kappa shape index (κ2) is 4.40. The molecule has 2 N–H and O–H groups in total. The number of likely N-dealkylation sites (tertiary alicyclic amines) is 1. The number of rotatable bonds is 3. The first kappa shape index (κ1) is 12.9. The Morgan fingerprint density at radius 2 is 1.80 bits per heavy atom. The minimum Gasteiger partial charge on any atom is -0.396 e. The maximum absolute atomic E-state index is 10.7. The Kier molecular flexibility index (Phi) is 3.80. The highest BCUT2D eigenvalue weighted by Gasteiger charge is 2.49. The molecule has 0 saturated carbocycles. The fourth-order valence-corrected chi connectivity index (χ4v) is 2.43. The van der Waals surface area contributed by atoms with Crippen molar-refractivity contribution in [2.75, 3.05) is 26.7 Å². The lowest BCUT2D eigenvalue weighted by Crippen LogP contribution is -2.57. The molecule has 0 aromatic carbocycles. The van der Waals surface area contributed by atoms with E-state index in [1.54, 1.807) is 0 Å². The molecule has 3 heteroatoms. The molecule has 0 aromatic heterocycles. The number of hydrogen-bond donors (Lipinski definition) is 2. The number of hydrogen-bond acceptors (Lipinski definition) is 3. The zero-order valence-electron chi connectivity index (χ0n) is 10.5. The minimum absolute atomic E-state index is 0.0604. The molecule has 0 radical (unpaired) electrons. The van der Waals surface area contributed by atoms with Gasteiger partial charge in [0.25, 0.3) is 0 Å². The second-order valence-corrected chi connectivity index (χ2v) is 5.57. The second-order valence-electron chi connectivity index (χ2n) is 5.57. The van der Waals surface area contributed by atoms with Crippen LogP contribution in [0.3, 0.4) is 0 Å². The molecule has 1 saturated heterocycles. The molecule has 3 nitrogen and oxygen atoms in total. The van der Waals surface area contributed by atoms with E-state index in [1.165, 1.54) is 0 Å². The molecular formula is C12H25NO2. The molecule has 1 aliphatic heterocycles. The first-order chi connectivity index (χ1) is 6.85. The third-order valence-electron chi connectivity index (χ3n) is 4.48. The summed E-state index contributed by atoms with van der Waals surface area (Å²) in [5.74, 6) is 0.288. The summed E-state index contributed by atoms with van der Waals surface area (Å²) in [6, 6.07) is 0. The van der Waals surface area contributed by atoms with Gasteiger partial charge in [-0.1, -0.05) is 20.8 Å². The van der Waals surface area contributed by atoms with Crippen LogP contribution < -0.4 is 0 Å². The third kappa shape index (κ3) is 2.19. The number of aliphatic hydroxyl groups excluding tert-OH is 1. The highest BCUT2D eigenvalue weighted by atomic mass is 16.3.